The maximum atomic E-state index is 12.1. The zero-order valence-electron chi connectivity index (χ0n) is 10.8. The molecule has 106 valence electrons. The molecule has 1 saturated carbocycles. The summed E-state index contributed by atoms with van der Waals surface area (Å²) in [5.41, 5.74) is 6.68. The first-order chi connectivity index (χ1) is 8.99. The molecule has 0 radical (unpaired) electrons. The van der Waals surface area contributed by atoms with E-state index in [0.717, 1.165) is 12.8 Å². The normalized spacial score (nSPS) is 15.5. The van der Waals surface area contributed by atoms with Crippen LogP contribution in [0.1, 0.15) is 12.8 Å². The number of sulfonamides is 1. The van der Waals surface area contributed by atoms with Gasteiger partial charge in [-0.2, -0.15) is 0 Å². The van der Waals surface area contributed by atoms with Gasteiger partial charge in [0.2, 0.25) is 10.0 Å². The molecule has 0 bridgehead atoms. The van der Waals surface area contributed by atoms with Crippen LogP contribution in [0.5, 0.6) is 0 Å². The van der Waals surface area contributed by atoms with Crippen molar-refractivity contribution in [3.63, 3.8) is 0 Å². The van der Waals surface area contributed by atoms with Crippen molar-refractivity contribution >= 4 is 21.4 Å². The van der Waals surface area contributed by atoms with E-state index in [1.54, 1.807) is 12.1 Å². The molecule has 0 atom stereocenters. The predicted molar refractivity (Wildman–Crippen MR) is 74.6 cm³/mol. The third-order valence-corrected chi connectivity index (χ3v) is 4.62. The second-order valence-electron chi connectivity index (χ2n) is 4.58. The molecule has 1 aliphatic carbocycles. The van der Waals surface area contributed by atoms with E-state index in [1.807, 2.05) is 4.90 Å². The molecule has 7 heteroatoms. The van der Waals surface area contributed by atoms with Gasteiger partial charge in [-0.15, -0.1) is 0 Å². The van der Waals surface area contributed by atoms with Crippen molar-refractivity contribution in [2.24, 2.45) is 0 Å². The van der Waals surface area contributed by atoms with Gasteiger partial charge in [-0.05, 0) is 38.1 Å². The molecule has 1 fully saturated rings. The van der Waals surface area contributed by atoms with E-state index in [9.17, 15) is 8.42 Å². The Hall–Kier alpha value is -1.31. The fourth-order valence-corrected chi connectivity index (χ4v) is 3.06. The van der Waals surface area contributed by atoms with E-state index >= 15 is 0 Å². The molecule has 0 unspecified atom stereocenters. The Morgan fingerprint density at radius 1 is 1.47 bits per heavy atom. The van der Waals surface area contributed by atoms with Gasteiger partial charge in [-0.25, -0.2) is 13.1 Å². The molecule has 1 aromatic carbocycles. The minimum atomic E-state index is -3.57. The number of hydrogen-bond acceptors (Lipinski definition) is 5. The van der Waals surface area contributed by atoms with Crippen molar-refractivity contribution in [3.05, 3.63) is 18.2 Å². The lowest BCUT2D eigenvalue weighted by atomic mass is 10.2. The number of nitrogens with two attached hydrogens (primary N) is 1. The molecule has 0 spiro atoms. The first-order valence-corrected chi connectivity index (χ1v) is 7.68. The molecule has 0 aromatic heterocycles. The molecule has 0 heterocycles. The quantitative estimate of drug-likeness (QED) is 0.646. The Balaban J connectivity index is 2.49. The average molecular weight is 285 g/mol. The van der Waals surface area contributed by atoms with Crippen LogP contribution in [0, 0.1) is 0 Å². The zero-order chi connectivity index (χ0) is 14.0. The largest absolute Gasteiger partial charge is 0.399 e. The van der Waals surface area contributed by atoms with E-state index in [-0.39, 0.29) is 11.5 Å². The average Bonchev–Trinajstić information content (AvgIpc) is 3.20. The molecule has 4 N–H and O–H groups in total. The Morgan fingerprint density at radius 3 is 2.68 bits per heavy atom. The van der Waals surface area contributed by atoms with Crippen molar-refractivity contribution < 1.29 is 13.5 Å². The molecular formula is C12H19N3O3S. The van der Waals surface area contributed by atoms with Gasteiger partial charge < -0.3 is 15.7 Å². The Labute approximate surface area is 113 Å². The monoisotopic (exact) mass is 285 g/mol. The maximum absolute atomic E-state index is 12.1. The van der Waals surface area contributed by atoms with Crippen molar-refractivity contribution in [1.82, 2.24) is 4.72 Å². The lowest BCUT2D eigenvalue weighted by Gasteiger charge is -2.26. The first kappa shape index (κ1) is 14.1. The van der Waals surface area contributed by atoms with Crippen LogP contribution in [0.2, 0.25) is 0 Å². The number of anilines is 2. The highest BCUT2D eigenvalue weighted by atomic mass is 32.2. The smallest absolute Gasteiger partial charge is 0.242 e. The van der Waals surface area contributed by atoms with E-state index in [2.05, 4.69) is 4.72 Å². The summed E-state index contributed by atoms with van der Waals surface area (Å²) in [5.74, 6) is 0. The van der Waals surface area contributed by atoms with E-state index in [1.165, 1.54) is 13.1 Å². The second-order valence-corrected chi connectivity index (χ2v) is 6.44. The molecular weight excluding hydrogens is 266 g/mol. The number of nitrogens with one attached hydrogen (secondary N) is 1. The third-order valence-electron chi connectivity index (χ3n) is 3.18. The molecule has 0 aliphatic heterocycles. The summed E-state index contributed by atoms with van der Waals surface area (Å²) in [6, 6.07) is 5.14. The summed E-state index contributed by atoms with van der Waals surface area (Å²) in [7, 11) is -2.20. The summed E-state index contributed by atoms with van der Waals surface area (Å²) in [4.78, 5) is 2.10. The van der Waals surface area contributed by atoms with Crippen molar-refractivity contribution in [2.45, 2.75) is 23.8 Å². The predicted octanol–water partition coefficient (Wildman–Crippen LogP) is 0.138. The van der Waals surface area contributed by atoms with Crippen LogP contribution in [0.25, 0.3) is 0 Å². The van der Waals surface area contributed by atoms with Gasteiger partial charge in [0.15, 0.2) is 0 Å². The van der Waals surface area contributed by atoms with Gasteiger partial charge in [0, 0.05) is 18.3 Å². The second kappa shape index (κ2) is 5.36. The van der Waals surface area contributed by atoms with Crippen LogP contribution in [0.3, 0.4) is 0 Å². The number of nitrogen functional groups attached to an aromatic ring is 1. The Bertz CT molecular complexity index is 555. The summed E-state index contributed by atoms with van der Waals surface area (Å²) in [5, 5.41) is 9.15. The highest BCUT2D eigenvalue weighted by molar-refractivity contribution is 7.89. The number of benzene rings is 1. The lowest BCUT2D eigenvalue weighted by molar-refractivity contribution is 0.301. The maximum Gasteiger partial charge on any atom is 0.242 e. The SMILES string of the molecule is CNS(=O)(=O)c1cc(N)ccc1N(CCO)C1CC1. The molecule has 1 aliphatic rings. The van der Waals surface area contributed by atoms with E-state index in [0.29, 0.717) is 24.0 Å². The van der Waals surface area contributed by atoms with Gasteiger partial charge in [0.1, 0.15) is 4.90 Å². The summed E-state index contributed by atoms with van der Waals surface area (Å²) in [6.45, 7) is 0.404. The van der Waals surface area contributed by atoms with Gasteiger partial charge in [0.25, 0.3) is 0 Å². The molecule has 6 nitrogen and oxygen atoms in total. The van der Waals surface area contributed by atoms with Crippen LogP contribution in [-0.2, 0) is 10.0 Å². The number of rotatable bonds is 6. The van der Waals surface area contributed by atoms with Gasteiger partial charge in [-0.3, -0.25) is 0 Å². The molecule has 1 aromatic rings. The van der Waals surface area contributed by atoms with Crippen LogP contribution in [-0.4, -0.2) is 39.8 Å². The third kappa shape index (κ3) is 2.99. The Morgan fingerprint density at radius 2 is 2.16 bits per heavy atom. The first-order valence-electron chi connectivity index (χ1n) is 6.20. The van der Waals surface area contributed by atoms with E-state index in [4.69, 9.17) is 10.8 Å². The minimum absolute atomic E-state index is 0.0140. The number of aliphatic hydroxyl groups excluding tert-OH is 1. The Kier molecular flexibility index (Phi) is 3.98. The van der Waals surface area contributed by atoms with Gasteiger partial charge in [0.05, 0.1) is 12.3 Å². The van der Waals surface area contributed by atoms with Crippen molar-refractivity contribution in [2.75, 3.05) is 30.8 Å². The van der Waals surface area contributed by atoms with Gasteiger partial charge in [-0.1, -0.05) is 0 Å². The summed E-state index contributed by atoms with van der Waals surface area (Å²) < 4.78 is 26.4. The molecule has 0 amide bonds. The fourth-order valence-electron chi connectivity index (χ4n) is 2.09. The van der Waals surface area contributed by atoms with Crippen LogP contribution >= 0.6 is 0 Å². The fraction of sp³-hybridized carbons (Fsp3) is 0.500. The van der Waals surface area contributed by atoms with E-state index < -0.39 is 10.0 Å². The van der Waals surface area contributed by atoms with Gasteiger partial charge >= 0.3 is 0 Å². The number of aliphatic hydroxyl groups is 1. The zero-order valence-corrected chi connectivity index (χ0v) is 11.7. The van der Waals surface area contributed by atoms with Crippen molar-refractivity contribution in [3.8, 4) is 0 Å². The van der Waals surface area contributed by atoms with Crippen LogP contribution in [0.4, 0.5) is 11.4 Å². The molecule has 0 saturated heterocycles. The number of hydrogen-bond donors (Lipinski definition) is 3. The number of nitrogens with zero attached hydrogens (tertiary/aromatic N) is 1. The topological polar surface area (TPSA) is 95.7 Å². The molecule has 19 heavy (non-hydrogen) atoms. The molecule has 2 rings (SSSR count). The van der Waals surface area contributed by atoms with Crippen LogP contribution in [0.15, 0.2) is 23.1 Å². The summed E-state index contributed by atoms with van der Waals surface area (Å²) >= 11 is 0. The lowest BCUT2D eigenvalue weighted by Crippen LogP contribution is -2.31. The highest BCUT2D eigenvalue weighted by Crippen LogP contribution is 2.35. The summed E-state index contributed by atoms with van der Waals surface area (Å²) in [6.07, 6.45) is 2.03. The van der Waals surface area contributed by atoms with Crippen LogP contribution < -0.4 is 15.4 Å². The highest BCUT2D eigenvalue weighted by Gasteiger charge is 2.32. The standard InChI is InChI=1S/C12H19N3O3S/c1-14-19(17,18)12-8-9(13)2-5-11(12)15(6-7-16)10-3-4-10/h2,5,8,10,14,16H,3-4,6-7,13H2,1H3. The van der Waals surface area contributed by atoms with Crippen molar-refractivity contribution in [1.29, 1.82) is 0 Å². The minimum Gasteiger partial charge on any atom is -0.399 e.